The highest BCUT2D eigenvalue weighted by Gasteiger charge is 2.29. The van der Waals surface area contributed by atoms with Gasteiger partial charge in [0, 0.05) is 11.3 Å². The molecule has 0 saturated heterocycles. The van der Waals surface area contributed by atoms with Crippen molar-refractivity contribution in [1.29, 1.82) is 0 Å². The van der Waals surface area contributed by atoms with Gasteiger partial charge in [0.25, 0.3) is 5.91 Å². The van der Waals surface area contributed by atoms with Crippen molar-refractivity contribution in [2.24, 2.45) is 0 Å². The second-order valence-electron chi connectivity index (χ2n) is 6.52. The minimum Gasteiger partial charge on any atom is -0.361 e. The molecule has 0 spiro atoms. The van der Waals surface area contributed by atoms with Gasteiger partial charge in [0.15, 0.2) is 0 Å². The Kier molecular flexibility index (Phi) is 3.76. The highest BCUT2D eigenvalue weighted by Crippen LogP contribution is 2.32. The number of fused-ring (bicyclic) bond motifs is 1. The molecule has 4 rings (SSSR count). The van der Waals surface area contributed by atoms with Gasteiger partial charge in [0.05, 0.1) is 22.6 Å². The molecule has 6 heteroatoms. The number of aryl methyl sites for hydroxylation is 2. The summed E-state index contributed by atoms with van der Waals surface area (Å²) in [6.45, 7) is 5.83. The quantitative estimate of drug-likeness (QED) is 0.739. The standard InChI is InChI=1S/C20H19FN4O/c1-11-5-4-6-16-18(11)22-19(23-20(16)26)17-12(2)24-25(13(17)3)15-9-7-14(21)8-10-15/h4-10,19,22H,1-3H3,(H,23,26). The monoisotopic (exact) mass is 350 g/mol. The van der Waals surface area contributed by atoms with Crippen molar-refractivity contribution >= 4 is 11.6 Å². The van der Waals surface area contributed by atoms with Crippen LogP contribution in [0.1, 0.15) is 39.0 Å². The molecule has 2 N–H and O–H groups in total. The van der Waals surface area contributed by atoms with Crippen molar-refractivity contribution in [3.05, 3.63) is 76.4 Å². The number of nitrogens with zero attached hydrogens (tertiary/aromatic N) is 2. The first-order valence-electron chi connectivity index (χ1n) is 8.45. The van der Waals surface area contributed by atoms with Crippen LogP contribution in [0.15, 0.2) is 42.5 Å². The predicted octanol–water partition coefficient (Wildman–Crippen LogP) is 3.79. The summed E-state index contributed by atoms with van der Waals surface area (Å²) in [4.78, 5) is 12.5. The molecule has 3 aromatic rings. The summed E-state index contributed by atoms with van der Waals surface area (Å²) >= 11 is 0. The maximum Gasteiger partial charge on any atom is 0.255 e. The molecule has 0 saturated carbocycles. The number of halogens is 1. The minimum atomic E-state index is -0.370. The second kappa shape index (κ2) is 5.98. The van der Waals surface area contributed by atoms with Crippen LogP contribution < -0.4 is 10.6 Å². The molecular formula is C20H19FN4O. The van der Waals surface area contributed by atoms with Gasteiger partial charge in [-0.15, -0.1) is 0 Å². The van der Waals surface area contributed by atoms with E-state index in [9.17, 15) is 9.18 Å². The number of nitrogens with one attached hydrogen (secondary N) is 2. The van der Waals surface area contributed by atoms with Gasteiger partial charge in [0.1, 0.15) is 12.0 Å². The van der Waals surface area contributed by atoms with Gasteiger partial charge in [-0.2, -0.15) is 5.10 Å². The lowest BCUT2D eigenvalue weighted by molar-refractivity contribution is 0.0935. The third-order valence-electron chi connectivity index (χ3n) is 4.79. The normalized spacial score (nSPS) is 16.0. The summed E-state index contributed by atoms with van der Waals surface area (Å²) in [7, 11) is 0. The molecule has 1 amide bonds. The largest absolute Gasteiger partial charge is 0.361 e. The number of benzene rings is 2. The molecule has 26 heavy (non-hydrogen) atoms. The Bertz CT molecular complexity index is 1010. The first-order valence-corrected chi connectivity index (χ1v) is 8.45. The molecule has 2 aromatic carbocycles. The molecule has 1 aliphatic rings. The Labute approximate surface area is 150 Å². The number of para-hydroxylation sites is 1. The average Bonchev–Trinajstić information content (AvgIpc) is 2.91. The Morgan fingerprint density at radius 2 is 1.77 bits per heavy atom. The third-order valence-corrected chi connectivity index (χ3v) is 4.79. The molecule has 1 aliphatic heterocycles. The Hall–Kier alpha value is -3.15. The zero-order valence-corrected chi connectivity index (χ0v) is 14.8. The topological polar surface area (TPSA) is 59.0 Å². The zero-order valence-electron chi connectivity index (χ0n) is 14.8. The highest BCUT2D eigenvalue weighted by atomic mass is 19.1. The number of carbonyl (C=O) groups is 1. The van der Waals surface area contributed by atoms with Gasteiger partial charge in [-0.25, -0.2) is 9.07 Å². The second-order valence-corrected chi connectivity index (χ2v) is 6.52. The molecule has 132 valence electrons. The average molecular weight is 350 g/mol. The van der Waals surface area contributed by atoms with E-state index in [1.807, 2.05) is 39.0 Å². The van der Waals surface area contributed by atoms with Crippen LogP contribution in [0.5, 0.6) is 0 Å². The van der Waals surface area contributed by atoms with Crippen LogP contribution in [-0.2, 0) is 0 Å². The molecule has 5 nitrogen and oxygen atoms in total. The summed E-state index contributed by atoms with van der Waals surface area (Å²) in [6, 6.07) is 11.8. The van der Waals surface area contributed by atoms with Crippen LogP contribution in [0.3, 0.4) is 0 Å². The maximum atomic E-state index is 13.2. The van der Waals surface area contributed by atoms with E-state index in [0.29, 0.717) is 5.56 Å². The summed E-state index contributed by atoms with van der Waals surface area (Å²) in [5.74, 6) is -0.399. The van der Waals surface area contributed by atoms with Crippen LogP contribution in [0, 0.1) is 26.6 Å². The van der Waals surface area contributed by atoms with Crippen molar-refractivity contribution in [3.8, 4) is 5.69 Å². The van der Waals surface area contributed by atoms with E-state index in [0.717, 1.165) is 33.9 Å². The Balaban J connectivity index is 1.77. The number of aromatic nitrogens is 2. The number of carbonyl (C=O) groups excluding carboxylic acids is 1. The van der Waals surface area contributed by atoms with E-state index in [4.69, 9.17) is 0 Å². The summed E-state index contributed by atoms with van der Waals surface area (Å²) in [5, 5.41) is 11.0. The van der Waals surface area contributed by atoms with E-state index in [2.05, 4.69) is 15.7 Å². The molecule has 0 aliphatic carbocycles. The van der Waals surface area contributed by atoms with Crippen LogP contribution >= 0.6 is 0 Å². The minimum absolute atomic E-state index is 0.110. The van der Waals surface area contributed by atoms with Gasteiger partial charge in [-0.1, -0.05) is 12.1 Å². The summed E-state index contributed by atoms with van der Waals surface area (Å²) < 4.78 is 15.0. The first kappa shape index (κ1) is 16.3. The van der Waals surface area contributed by atoms with E-state index >= 15 is 0 Å². The fraction of sp³-hybridized carbons (Fsp3) is 0.200. The number of hydrogen-bond donors (Lipinski definition) is 2. The fourth-order valence-electron chi connectivity index (χ4n) is 3.49. The molecule has 1 aromatic heterocycles. The molecule has 0 radical (unpaired) electrons. The summed E-state index contributed by atoms with van der Waals surface area (Å²) in [6.07, 6.45) is -0.370. The number of rotatable bonds is 2. The van der Waals surface area contributed by atoms with Crippen LogP contribution in [0.25, 0.3) is 5.69 Å². The lowest BCUT2D eigenvalue weighted by Gasteiger charge is -2.29. The van der Waals surface area contributed by atoms with E-state index in [1.54, 1.807) is 16.8 Å². The SMILES string of the molecule is Cc1cccc2c1NC(c1c(C)nn(-c3ccc(F)cc3)c1C)NC2=O. The number of hydrogen-bond acceptors (Lipinski definition) is 3. The first-order chi connectivity index (χ1) is 12.5. The van der Waals surface area contributed by atoms with Crippen molar-refractivity contribution < 1.29 is 9.18 Å². The van der Waals surface area contributed by atoms with Gasteiger partial charge in [0.2, 0.25) is 0 Å². The fourth-order valence-corrected chi connectivity index (χ4v) is 3.49. The van der Waals surface area contributed by atoms with Crippen LogP contribution in [-0.4, -0.2) is 15.7 Å². The van der Waals surface area contributed by atoms with Gasteiger partial charge in [-0.3, -0.25) is 4.79 Å². The smallest absolute Gasteiger partial charge is 0.255 e. The highest BCUT2D eigenvalue weighted by molar-refractivity contribution is 6.02. The molecule has 0 fully saturated rings. The lowest BCUT2D eigenvalue weighted by Crippen LogP contribution is -2.39. The van der Waals surface area contributed by atoms with E-state index < -0.39 is 0 Å². The van der Waals surface area contributed by atoms with Gasteiger partial charge in [-0.05, 0) is 56.7 Å². The van der Waals surface area contributed by atoms with Crippen molar-refractivity contribution in [2.75, 3.05) is 5.32 Å². The van der Waals surface area contributed by atoms with E-state index in [1.165, 1.54) is 12.1 Å². The summed E-state index contributed by atoms with van der Waals surface area (Å²) in [5.41, 5.74) is 5.89. The molecule has 2 heterocycles. The molecule has 1 atom stereocenters. The van der Waals surface area contributed by atoms with Crippen LogP contribution in [0.2, 0.25) is 0 Å². The number of anilines is 1. The van der Waals surface area contributed by atoms with Gasteiger partial charge >= 0.3 is 0 Å². The maximum absolute atomic E-state index is 13.2. The predicted molar refractivity (Wildman–Crippen MR) is 98.0 cm³/mol. The lowest BCUT2D eigenvalue weighted by atomic mass is 10.0. The van der Waals surface area contributed by atoms with Crippen molar-refractivity contribution in [3.63, 3.8) is 0 Å². The Morgan fingerprint density at radius 3 is 2.50 bits per heavy atom. The van der Waals surface area contributed by atoms with Crippen LogP contribution in [0.4, 0.5) is 10.1 Å². The molecular weight excluding hydrogens is 331 g/mol. The van der Waals surface area contributed by atoms with Crippen molar-refractivity contribution in [2.45, 2.75) is 26.9 Å². The molecule has 1 unspecified atom stereocenters. The van der Waals surface area contributed by atoms with Gasteiger partial charge < -0.3 is 10.6 Å². The Morgan fingerprint density at radius 1 is 1.04 bits per heavy atom. The molecule has 0 bridgehead atoms. The van der Waals surface area contributed by atoms with Crippen molar-refractivity contribution in [1.82, 2.24) is 15.1 Å². The third kappa shape index (κ3) is 2.54. The zero-order chi connectivity index (χ0) is 18.4. The number of amides is 1. The van der Waals surface area contributed by atoms with E-state index in [-0.39, 0.29) is 17.9 Å².